The molecule has 3 heteroatoms. The number of pyridine rings is 1. The molecule has 0 atom stereocenters. The fraction of sp³-hybridized carbons (Fsp3) is 0.476. The van der Waals surface area contributed by atoms with Gasteiger partial charge in [0.2, 0.25) is 0 Å². The lowest BCUT2D eigenvalue weighted by molar-refractivity contribution is 0.755. The number of nitrogens with one attached hydrogen (secondary N) is 1. The molecule has 1 aliphatic carbocycles. The molecular weight excluding hydrogens is 314 g/mol. The molecule has 1 aromatic heterocycles. The van der Waals surface area contributed by atoms with Crippen LogP contribution in [0.2, 0.25) is 0 Å². The first-order valence-electron chi connectivity index (χ1n) is 8.87. The lowest BCUT2D eigenvalue weighted by atomic mass is 9.99. The maximum absolute atomic E-state index is 12.6. The molecule has 0 radical (unpaired) electrons. The SMILES string of the molecule is Cc1cc(C)cc(Sc2c(CC3CC3)c(C)[nH]c(=O)c2C(C)C)c1. The topological polar surface area (TPSA) is 32.9 Å². The van der Waals surface area contributed by atoms with Crippen LogP contribution in [-0.2, 0) is 6.42 Å². The summed E-state index contributed by atoms with van der Waals surface area (Å²) < 4.78 is 0. The van der Waals surface area contributed by atoms with Crippen molar-refractivity contribution in [2.75, 3.05) is 0 Å². The van der Waals surface area contributed by atoms with Gasteiger partial charge in [-0.05, 0) is 80.7 Å². The Morgan fingerprint density at radius 2 is 1.75 bits per heavy atom. The van der Waals surface area contributed by atoms with Crippen molar-refractivity contribution >= 4 is 11.8 Å². The normalized spacial score (nSPS) is 14.4. The van der Waals surface area contributed by atoms with Crippen LogP contribution in [0.5, 0.6) is 0 Å². The van der Waals surface area contributed by atoms with Gasteiger partial charge in [-0.3, -0.25) is 4.79 Å². The number of rotatable bonds is 5. The van der Waals surface area contributed by atoms with E-state index >= 15 is 0 Å². The van der Waals surface area contributed by atoms with Crippen molar-refractivity contribution in [1.29, 1.82) is 0 Å². The van der Waals surface area contributed by atoms with E-state index in [-0.39, 0.29) is 11.5 Å². The highest BCUT2D eigenvalue weighted by molar-refractivity contribution is 7.99. The lowest BCUT2D eigenvalue weighted by Crippen LogP contribution is -2.19. The maximum Gasteiger partial charge on any atom is 0.252 e. The van der Waals surface area contributed by atoms with Gasteiger partial charge in [0.15, 0.2) is 0 Å². The van der Waals surface area contributed by atoms with Gasteiger partial charge in [-0.1, -0.05) is 31.7 Å². The summed E-state index contributed by atoms with van der Waals surface area (Å²) in [5, 5.41) is 0. The number of aryl methyl sites for hydroxylation is 3. The highest BCUT2D eigenvalue weighted by Crippen LogP contribution is 2.41. The van der Waals surface area contributed by atoms with Gasteiger partial charge in [0.1, 0.15) is 0 Å². The van der Waals surface area contributed by atoms with Gasteiger partial charge in [0.05, 0.1) is 0 Å². The quantitative estimate of drug-likeness (QED) is 0.776. The Bertz CT molecular complexity index is 795. The summed E-state index contributed by atoms with van der Waals surface area (Å²) in [6.07, 6.45) is 3.74. The molecule has 1 fully saturated rings. The molecule has 0 saturated heterocycles. The van der Waals surface area contributed by atoms with Gasteiger partial charge in [-0.15, -0.1) is 0 Å². The van der Waals surface area contributed by atoms with Crippen molar-refractivity contribution in [1.82, 2.24) is 4.98 Å². The molecule has 1 aliphatic rings. The predicted molar refractivity (Wildman–Crippen MR) is 102 cm³/mol. The van der Waals surface area contributed by atoms with Gasteiger partial charge in [0, 0.05) is 21.0 Å². The van der Waals surface area contributed by atoms with Crippen LogP contribution in [0.15, 0.2) is 32.8 Å². The van der Waals surface area contributed by atoms with E-state index in [2.05, 4.69) is 57.8 Å². The van der Waals surface area contributed by atoms with Crippen LogP contribution in [0.25, 0.3) is 0 Å². The summed E-state index contributed by atoms with van der Waals surface area (Å²) >= 11 is 1.78. The average molecular weight is 342 g/mol. The summed E-state index contributed by atoms with van der Waals surface area (Å²) in [5.74, 6) is 1.02. The molecule has 1 N–H and O–H groups in total. The first kappa shape index (κ1) is 17.3. The zero-order valence-corrected chi connectivity index (χ0v) is 16.1. The predicted octanol–water partition coefficient (Wildman–Crippen LogP) is 5.53. The monoisotopic (exact) mass is 341 g/mol. The minimum Gasteiger partial charge on any atom is -0.326 e. The Morgan fingerprint density at radius 1 is 1.12 bits per heavy atom. The molecule has 1 aromatic carbocycles. The minimum atomic E-state index is 0.0777. The van der Waals surface area contributed by atoms with Crippen LogP contribution in [0.4, 0.5) is 0 Å². The second kappa shape index (κ2) is 6.79. The van der Waals surface area contributed by atoms with Crippen LogP contribution < -0.4 is 5.56 Å². The van der Waals surface area contributed by atoms with Crippen molar-refractivity contribution < 1.29 is 0 Å². The third kappa shape index (κ3) is 3.77. The average Bonchev–Trinajstić information content (AvgIpc) is 3.25. The fourth-order valence-corrected chi connectivity index (χ4v) is 4.88. The number of hydrogen-bond acceptors (Lipinski definition) is 2. The number of H-pyrrole nitrogens is 1. The van der Waals surface area contributed by atoms with Gasteiger partial charge in [-0.2, -0.15) is 0 Å². The molecule has 0 aliphatic heterocycles. The fourth-order valence-electron chi connectivity index (χ4n) is 3.36. The lowest BCUT2D eigenvalue weighted by Gasteiger charge is -2.18. The van der Waals surface area contributed by atoms with E-state index in [1.807, 2.05) is 0 Å². The van der Waals surface area contributed by atoms with E-state index in [9.17, 15) is 4.79 Å². The van der Waals surface area contributed by atoms with E-state index in [1.165, 1.54) is 39.3 Å². The molecule has 0 amide bonds. The summed E-state index contributed by atoms with van der Waals surface area (Å²) in [7, 11) is 0. The van der Waals surface area contributed by atoms with Crippen molar-refractivity contribution in [2.45, 2.75) is 69.6 Å². The first-order valence-corrected chi connectivity index (χ1v) is 9.68. The summed E-state index contributed by atoms with van der Waals surface area (Å²) in [5.41, 5.74) is 5.96. The smallest absolute Gasteiger partial charge is 0.252 e. The van der Waals surface area contributed by atoms with Crippen molar-refractivity contribution in [3.8, 4) is 0 Å². The maximum atomic E-state index is 12.6. The molecule has 1 heterocycles. The summed E-state index contributed by atoms with van der Waals surface area (Å²) in [6.45, 7) is 10.6. The number of benzene rings is 1. The minimum absolute atomic E-state index is 0.0777. The summed E-state index contributed by atoms with van der Waals surface area (Å²) in [4.78, 5) is 18.1. The largest absolute Gasteiger partial charge is 0.326 e. The Labute approximate surface area is 149 Å². The zero-order chi connectivity index (χ0) is 17.4. The molecule has 0 unspecified atom stereocenters. The van der Waals surface area contributed by atoms with Gasteiger partial charge in [-0.25, -0.2) is 0 Å². The molecule has 0 bridgehead atoms. The second-order valence-corrected chi connectivity index (χ2v) is 8.61. The highest BCUT2D eigenvalue weighted by Gasteiger charge is 2.26. The zero-order valence-electron chi connectivity index (χ0n) is 15.3. The Morgan fingerprint density at radius 3 is 2.29 bits per heavy atom. The van der Waals surface area contributed by atoms with E-state index in [0.717, 1.165) is 23.6 Å². The van der Waals surface area contributed by atoms with E-state index in [0.29, 0.717) is 0 Å². The Kier molecular flexibility index (Phi) is 4.91. The molecular formula is C21H27NOS. The molecule has 128 valence electrons. The van der Waals surface area contributed by atoms with Crippen LogP contribution in [0, 0.1) is 26.7 Å². The van der Waals surface area contributed by atoms with Gasteiger partial charge < -0.3 is 4.98 Å². The third-order valence-electron chi connectivity index (χ3n) is 4.70. The Balaban J connectivity index is 2.13. The first-order chi connectivity index (χ1) is 11.3. The Hall–Kier alpha value is -1.48. The van der Waals surface area contributed by atoms with E-state index in [4.69, 9.17) is 0 Å². The second-order valence-electron chi connectivity index (χ2n) is 7.53. The van der Waals surface area contributed by atoms with Crippen LogP contribution >= 0.6 is 11.8 Å². The van der Waals surface area contributed by atoms with Gasteiger partial charge in [0.25, 0.3) is 5.56 Å². The molecule has 24 heavy (non-hydrogen) atoms. The van der Waals surface area contributed by atoms with E-state index in [1.54, 1.807) is 11.8 Å². The van der Waals surface area contributed by atoms with Gasteiger partial charge >= 0.3 is 0 Å². The molecule has 3 rings (SSSR count). The van der Waals surface area contributed by atoms with Crippen molar-refractivity contribution in [2.24, 2.45) is 5.92 Å². The summed E-state index contributed by atoms with van der Waals surface area (Å²) in [6, 6.07) is 6.64. The number of hydrogen-bond donors (Lipinski definition) is 1. The van der Waals surface area contributed by atoms with Crippen molar-refractivity contribution in [3.63, 3.8) is 0 Å². The molecule has 1 saturated carbocycles. The number of aromatic nitrogens is 1. The van der Waals surface area contributed by atoms with Crippen LogP contribution in [0.1, 0.15) is 60.6 Å². The van der Waals surface area contributed by atoms with Crippen molar-refractivity contribution in [3.05, 3.63) is 56.5 Å². The van der Waals surface area contributed by atoms with Crippen LogP contribution in [-0.4, -0.2) is 4.98 Å². The standard InChI is InChI=1S/C21H27NOS/c1-12(2)19-20(24-17-9-13(3)8-14(4)10-17)18(11-16-6-7-16)15(5)22-21(19)23/h8-10,12,16H,6-7,11H2,1-5H3,(H,22,23). The third-order valence-corrected chi connectivity index (χ3v) is 5.84. The molecule has 0 spiro atoms. The molecule has 2 nitrogen and oxygen atoms in total. The van der Waals surface area contributed by atoms with Crippen LogP contribution in [0.3, 0.4) is 0 Å². The highest BCUT2D eigenvalue weighted by atomic mass is 32.2. The number of aromatic amines is 1. The van der Waals surface area contributed by atoms with E-state index < -0.39 is 0 Å². The molecule has 2 aromatic rings.